The molecule has 7 nitrogen and oxygen atoms in total. The van der Waals surface area contributed by atoms with Gasteiger partial charge in [-0.05, 0) is 56.2 Å². The molecule has 0 bridgehead atoms. The van der Waals surface area contributed by atoms with Crippen LogP contribution >= 0.6 is 0 Å². The maximum atomic E-state index is 12.9. The van der Waals surface area contributed by atoms with E-state index in [1.807, 2.05) is 48.2 Å². The second kappa shape index (κ2) is 7.64. The average Bonchev–Trinajstić information content (AvgIpc) is 3.18. The van der Waals surface area contributed by atoms with Crippen molar-refractivity contribution in [1.82, 2.24) is 19.9 Å². The Balaban J connectivity index is 1.56. The van der Waals surface area contributed by atoms with Crippen molar-refractivity contribution in [2.45, 2.75) is 25.8 Å². The van der Waals surface area contributed by atoms with E-state index in [0.717, 1.165) is 30.0 Å². The molecule has 142 valence electrons. The Morgan fingerprint density at radius 2 is 1.89 bits per heavy atom. The minimum Gasteiger partial charge on any atom is -0.384 e. The molecule has 3 N–H and O–H groups in total. The predicted molar refractivity (Wildman–Crippen MR) is 108 cm³/mol. The molecule has 1 aliphatic rings. The summed E-state index contributed by atoms with van der Waals surface area (Å²) in [4.78, 5) is 28.0. The van der Waals surface area contributed by atoms with Gasteiger partial charge in [0.25, 0.3) is 5.91 Å². The van der Waals surface area contributed by atoms with Gasteiger partial charge >= 0.3 is 0 Å². The summed E-state index contributed by atoms with van der Waals surface area (Å²) in [6.07, 6.45) is 3.35. The largest absolute Gasteiger partial charge is 0.384 e. The lowest BCUT2D eigenvalue weighted by Crippen LogP contribution is -2.31. The lowest BCUT2D eigenvalue weighted by Gasteiger charge is -2.24. The Hall–Kier alpha value is -3.48. The van der Waals surface area contributed by atoms with Crippen LogP contribution in [0, 0.1) is 6.92 Å². The molecule has 0 spiro atoms. The Labute approximate surface area is 163 Å². The van der Waals surface area contributed by atoms with Gasteiger partial charge in [0.05, 0.1) is 17.3 Å². The first-order valence-electron chi connectivity index (χ1n) is 9.30. The topological polar surface area (TPSA) is 97.0 Å². The third kappa shape index (κ3) is 3.78. The zero-order valence-electron chi connectivity index (χ0n) is 15.7. The molecule has 1 aliphatic heterocycles. The number of aryl methyl sites for hydroxylation is 1. The summed E-state index contributed by atoms with van der Waals surface area (Å²) in [6.45, 7) is 2.65. The summed E-state index contributed by atoms with van der Waals surface area (Å²) >= 11 is 0. The van der Waals surface area contributed by atoms with Gasteiger partial charge in [-0.25, -0.2) is 15.0 Å². The van der Waals surface area contributed by atoms with Gasteiger partial charge in [-0.3, -0.25) is 4.79 Å². The third-order valence-corrected chi connectivity index (χ3v) is 4.80. The minimum atomic E-state index is -0.0581. The van der Waals surface area contributed by atoms with E-state index in [1.165, 1.54) is 6.20 Å². The van der Waals surface area contributed by atoms with Crippen molar-refractivity contribution in [2.24, 2.45) is 0 Å². The zero-order chi connectivity index (χ0) is 19.5. The van der Waals surface area contributed by atoms with Crippen molar-refractivity contribution in [2.75, 3.05) is 17.6 Å². The first kappa shape index (κ1) is 17.9. The molecule has 1 fully saturated rings. The molecule has 0 aromatic carbocycles. The number of rotatable bonds is 4. The number of nitrogens with zero attached hydrogens (tertiary/aromatic N) is 4. The van der Waals surface area contributed by atoms with Crippen LogP contribution in [-0.4, -0.2) is 32.3 Å². The van der Waals surface area contributed by atoms with Crippen LogP contribution in [0.1, 0.15) is 40.6 Å². The number of nitrogen functional groups attached to an aromatic ring is 1. The van der Waals surface area contributed by atoms with Gasteiger partial charge in [0.1, 0.15) is 17.5 Å². The van der Waals surface area contributed by atoms with Crippen molar-refractivity contribution in [3.63, 3.8) is 0 Å². The van der Waals surface area contributed by atoms with Gasteiger partial charge in [0.2, 0.25) is 0 Å². The number of pyridine rings is 3. The van der Waals surface area contributed by atoms with Crippen LogP contribution in [-0.2, 0) is 0 Å². The van der Waals surface area contributed by atoms with Crippen molar-refractivity contribution in [1.29, 1.82) is 0 Å². The molecule has 3 aromatic rings. The van der Waals surface area contributed by atoms with E-state index in [1.54, 1.807) is 12.1 Å². The van der Waals surface area contributed by atoms with Crippen LogP contribution in [0.15, 0.2) is 54.7 Å². The van der Waals surface area contributed by atoms with Gasteiger partial charge in [-0.15, -0.1) is 0 Å². The summed E-state index contributed by atoms with van der Waals surface area (Å²) in [5.41, 5.74) is 7.97. The van der Waals surface area contributed by atoms with Gasteiger partial charge in [0, 0.05) is 18.4 Å². The smallest absolute Gasteiger partial charge is 0.255 e. The second-order valence-electron chi connectivity index (χ2n) is 6.87. The molecule has 0 radical (unpaired) electrons. The van der Waals surface area contributed by atoms with E-state index >= 15 is 0 Å². The lowest BCUT2D eigenvalue weighted by molar-refractivity contribution is 0.0732. The van der Waals surface area contributed by atoms with Crippen molar-refractivity contribution in [3.05, 3.63) is 71.7 Å². The van der Waals surface area contributed by atoms with Gasteiger partial charge < -0.3 is 16.0 Å². The standard InChI is InChI=1S/C21H22N6O/c1-14-5-2-8-19(24-14)26-20-9-3-6-16(25-20)17-7-4-12-27(17)21(28)15-10-11-18(22)23-13-15/h2-3,5-6,8-11,13,17H,4,7,12H2,1H3,(H2,22,23)(H,24,25,26). The second-order valence-corrected chi connectivity index (χ2v) is 6.87. The SMILES string of the molecule is Cc1cccc(Nc2cccc(C3CCCN3C(=O)c3ccc(N)nc3)n2)n1. The fourth-order valence-electron chi connectivity index (χ4n) is 3.47. The molecule has 28 heavy (non-hydrogen) atoms. The molecule has 1 amide bonds. The van der Waals surface area contributed by atoms with E-state index in [0.29, 0.717) is 23.7 Å². The number of nitrogens with two attached hydrogens (primary N) is 1. The highest BCUT2D eigenvalue weighted by Crippen LogP contribution is 2.32. The normalized spacial score (nSPS) is 16.2. The number of hydrogen-bond acceptors (Lipinski definition) is 6. The highest BCUT2D eigenvalue weighted by Gasteiger charge is 2.31. The minimum absolute atomic E-state index is 0.0458. The van der Waals surface area contributed by atoms with Crippen LogP contribution in [0.5, 0.6) is 0 Å². The first-order chi connectivity index (χ1) is 13.6. The van der Waals surface area contributed by atoms with Crippen molar-refractivity contribution >= 4 is 23.4 Å². The van der Waals surface area contributed by atoms with Crippen molar-refractivity contribution < 1.29 is 4.79 Å². The number of hydrogen-bond donors (Lipinski definition) is 2. The van der Waals surface area contributed by atoms with Crippen LogP contribution < -0.4 is 11.1 Å². The number of carbonyl (C=O) groups excluding carboxylic acids is 1. The summed E-state index contributed by atoms with van der Waals surface area (Å²) < 4.78 is 0. The van der Waals surface area contributed by atoms with Crippen LogP contribution in [0.4, 0.5) is 17.5 Å². The summed E-state index contributed by atoms with van der Waals surface area (Å²) in [7, 11) is 0. The fourth-order valence-corrected chi connectivity index (χ4v) is 3.47. The number of carbonyl (C=O) groups is 1. The Morgan fingerprint density at radius 3 is 2.64 bits per heavy atom. The fraction of sp³-hybridized carbons (Fsp3) is 0.238. The molecule has 4 heterocycles. The van der Waals surface area contributed by atoms with Crippen molar-refractivity contribution in [3.8, 4) is 0 Å². The molecule has 3 aromatic heterocycles. The number of anilines is 3. The molecule has 0 aliphatic carbocycles. The number of aromatic nitrogens is 3. The Morgan fingerprint density at radius 1 is 1.11 bits per heavy atom. The quantitative estimate of drug-likeness (QED) is 0.726. The Bertz CT molecular complexity index is 988. The molecule has 0 saturated carbocycles. The lowest BCUT2D eigenvalue weighted by atomic mass is 10.1. The Kier molecular flexibility index (Phi) is 4.89. The van der Waals surface area contributed by atoms with Gasteiger partial charge in [0.15, 0.2) is 0 Å². The average molecular weight is 374 g/mol. The predicted octanol–water partition coefficient (Wildman–Crippen LogP) is 3.48. The molecule has 4 rings (SSSR count). The molecule has 1 saturated heterocycles. The highest BCUT2D eigenvalue weighted by atomic mass is 16.2. The molecule has 1 atom stereocenters. The molecule has 1 unspecified atom stereocenters. The van der Waals surface area contributed by atoms with Crippen LogP contribution in [0.25, 0.3) is 0 Å². The van der Waals surface area contributed by atoms with Crippen LogP contribution in [0.3, 0.4) is 0 Å². The van der Waals surface area contributed by atoms with Gasteiger partial charge in [-0.1, -0.05) is 12.1 Å². The van der Waals surface area contributed by atoms with E-state index in [9.17, 15) is 4.79 Å². The molecular formula is C21H22N6O. The van der Waals surface area contributed by atoms with Gasteiger partial charge in [-0.2, -0.15) is 0 Å². The summed E-state index contributed by atoms with van der Waals surface area (Å²) in [6, 6.07) is 14.9. The highest BCUT2D eigenvalue weighted by molar-refractivity contribution is 5.94. The summed E-state index contributed by atoms with van der Waals surface area (Å²) in [5, 5.41) is 3.24. The van der Waals surface area contributed by atoms with E-state index < -0.39 is 0 Å². The maximum Gasteiger partial charge on any atom is 0.255 e. The number of likely N-dealkylation sites (tertiary alicyclic amines) is 1. The number of nitrogens with one attached hydrogen (secondary N) is 1. The van der Waals surface area contributed by atoms with E-state index in [4.69, 9.17) is 10.7 Å². The summed E-state index contributed by atoms with van der Waals surface area (Å²) in [5.74, 6) is 1.82. The third-order valence-electron chi connectivity index (χ3n) is 4.80. The first-order valence-corrected chi connectivity index (χ1v) is 9.30. The molecular weight excluding hydrogens is 352 g/mol. The van der Waals surface area contributed by atoms with E-state index in [-0.39, 0.29) is 11.9 Å². The molecule has 7 heteroatoms. The number of amides is 1. The maximum absolute atomic E-state index is 12.9. The zero-order valence-corrected chi connectivity index (χ0v) is 15.7. The monoisotopic (exact) mass is 374 g/mol. The van der Waals surface area contributed by atoms with Crippen LogP contribution in [0.2, 0.25) is 0 Å². The van der Waals surface area contributed by atoms with E-state index in [2.05, 4.69) is 15.3 Å².